The molecule has 3 rings (SSSR count). The lowest BCUT2D eigenvalue weighted by atomic mass is 10.00. The van der Waals surface area contributed by atoms with Crippen LogP contribution in [0.1, 0.15) is 11.1 Å². The summed E-state index contributed by atoms with van der Waals surface area (Å²) in [6, 6.07) is 16.3. The van der Waals surface area contributed by atoms with E-state index in [0.717, 1.165) is 22.4 Å². The highest BCUT2D eigenvalue weighted by atomic mass is 16.1. The standard InChI is InChI=1S/C18H18N2O/c1-12-4-8-14(9-5-12)16-17(20(3)19-18(16)21)15-10-6-13(2)7-11-15/h4-11H,1-3H3,(H,19,21). The maximum atomic E-state index is 12.3. The number of aromatic amines is 1. The van der Waals surface area contributed by atoms with Crippen LogP contribution in [-0.2, 0) is 7.05 Å². The molecule has 1 N–H and O–H groups in total. The van der Waals surface area contributed by atoms with Gasteiger partial charge >= 0.3 is 0 Å². The highest BCUT2D eigenvalue weighted by Gasteiger charge is 2.16. The first-order valence-corrected chi connectivity index (χ1v) is 6.99. The summed E-state index contributed by atoms with van der Waals surface area (Å²) in [7, 11) is 1.87. The van der Waals surface area contributed by atoms with E-state index in [0.29, 0.717) is 0 Å². The zero-order valence-corrected chi connectivity index (χ0v) is 12.5. The van der Waals surface area contributed by atoms with Gasteiger partial charge in [-0.1, -0.05) is 59.7 Å². The topological polar surface area (TPSA) is 37.8 Å². The first-order chi connectivity index (χ1) is 10.1. The van der Waals surface area contributed by atoms with Gasteiger partial charge in [0.05, 0.1) is 11.3 Å². The summed E-state index contributed by atoms with van der Waals surface area (Å²) in [5, 5.41) is 2.86. The number of hydrogen-bond acceptors (Lipinski definition) is 1. The van der Waals surface area contributed by atoms with E-state index >= 15 is 0 Å². The van der Waals surface area contributed by atoms with Crippen LogP contribution in [0.5, 0.6) is 0 Å². The third kappa shape index (κ3) is 2.42. The SMILES string of the molecule is Cc1ccc(-c2c(-c3ccc(C)cc3)n(C)[nH]c2=O)cc1. The average molecular weight is 278 g/mol. The van der Waals surface area contributed by atoms with Gasteiger partial charge < -0.3 is 0 Å². The summed E-state index contributed by atoms with van der Waals surface area (Å²) in [4.78, 5) is 12.3. The van der Waals surface area contributed by atoms with E-state index < -0.39 is 0 Å². The molecule has 1 aromatic heterocycles. The lowest BCUT2D eigenvalue weighted by molar-refractivity contribution is 0.764. The summed E-state index contributed by atoms with van der Waals surface area (Å²) in [6.07, 6.45) is 0. The summed E-state index contributed by atoms with van der Waals surface area (Å²) in [5.74, 6) is 0. The second kappa shape index (κ2) is 5.09. The minimum Gasteiger partial charge on any atom is -0.287 e. The Hall–Kier alpha value is -2.55. The van der Waals surface area contributed by atoms with Gasteiger partial charge in [0, 0.05) is 12.6 Å². The summed E-state index contributed by atoms with van der Waals surface area (Å²) < 4.78 is 1.79. The van der Waals surface area contributed by atoms with Crippen molar-refractivity contribution in [3.05, 3.63) is 70.0 Å². The van der Waals surface area contributed by atoms with E-state index in [1.165, 1.54) is 11.1 Å². The van der Waals surface area contributed by atoms with Gasteiger partial charge in [0.1, 0.15) is 0 Å². The van der Waals surface area contributed by atoms with Crippen molar-refractivity contribution in [2.24, 2.45) is 7.05 Å². The van der Waals surface area contributed by atoms with Crippen LogP contribution >= 0.6 is 0 Å². The lowest BCUT2D eigenvalue weighted by Crippen LogP contribution is -2.03. The Labute approximate surface area is 123 Å². The summed E-state index contributed by atoms with van der Waals surface area (Å²) >= 11 is 0. The first-order valence-electron chi connectivity index (χ1n) is 6.99. The van der Waals surface area contributed by atoms with E-state index in [-0.39, 0.29) is 5.56 Å². The van der Waals surface area contributed by atoms with E-state index in [1.54, 1.807) is 4.68 Å². The Morgan fingerprint density at radius 2 is 1.29 bits per heavy atom. The fraction of sp³-hybridized carbons (Fsp3) is 0.167. The van der Waals surface area contributed by atoms with Crippen LogP contribution in [0.4, 0.5) is 0 Å². The number of rotatable bonds is 2. The van der Waals surface area contributed by atoms with Crippen molar-refractivity contribution < 1.29 is 0 Å². The average Bonchev–Trinajstić information content (AvgIpc) is 2.75. The van der Waals surface area contributed by atoms with Gasteiger partial charge in [-0.3, -0.25) is 14.6 Å². The van der Waals surface area contributed by atoms with Crippen LogP contribution in [0, 0.1) is 13.8 Å². The van der Waals surface area contributed by atoms with Crippen LogP contribution in [0.3, 0.4) is 0 Å². The molecule has 0 saturated carbocycles. The molecule has 3 nitrogen and oxygen atoms in total. The van der Waals surface area contributed by atoms with Crippen molar-refractivity contribution in [2.45, 2.75) is 13.8 Å². The van der Waals surface area contributed by atoms with Crippen molar-refractivity contribution in [2.75, 3.05) is 0 Å². The summed E-state index contributed by atoms with van der Waals surface area (Å²) in [6.45, 7) is 4.10. The molecule has 106 valence electrons. The Morgan fingerprint density at radius 1 is 0.810 bits per heavy atom. The van der Waals surface area contributed by atoms with Gasteiger partial charge in [0.25, 0.3) is 5.56 Å². The maximum absolute atomic E-state index is 12.3. The Kier molecular flexibility index (Phi) is 3.26. The van der Waals surface area contributed by atoms with Gasteiger partial charge in [-0.2, -0.15) is 0 Å². The third-order valence-corrected chi connectivity index (χ3v) is 3.73. The molecule has 21 heavy (non-hydrogen) atoms. The predicted molar refractivity (Wildman–Crippen MR) is 86.4 cm³/mol. The van der Waals surface area contributed by atoms with Gasteiger partial charge in [-0.15, -0.1) is 0 Å². The molecule has 3 aromatic rings. The number of hydrogen-bond donors (Lipinski definition) is 1. The molecule has 0 radical (unpaired) electrons. The van der Waals surface area contributed by atoms with Crippen molar-refractivity contribution in [1.29, 1.82) is 0 Å². The fourth-order valence-electron chi connectivity index (χ4n) is 2.58. The molecule has 0 atom stereocenters. The molecule has 0 amide bonds. The van der Waals surface area contributed by atoms with E-state index in [4.69, 9.17) is 0 Å². The molecule has 1 heterocycles. The molecule has 0 unspecified atom stereocenters. The molecule has 2 aromatic carbocycles. The molecular formula is C18H18N2O. The van der Waals surface area contributed by atoms with Crippen molar-refractivity contribution in [3.8, 4) is 22.4 Å². The minimum atomic E-state index is -0.0584. The van der Waals surface area contributed by atoms with Crippen LogP contribution in [-0.4, -0.2) is 9.78 Å². The first kappa shape index (κ1) is 13.4. The molecular weight excluding hydrogens is 260 g/mol. The molecule has 0 aliphatic rings. The fourth-order valence-corrected chi connectivity index (χ4v) is 2.58. The highest BCUT2D eigenvalue weighted by molar-refractivity contribution is 5.80. The molecule has 0 bridgehead atoms. The largest absolute Gasteiger partial charge is 0.287 e. The molecule has 0 aliphatic carbocycles. The second-order valence-electron chi connectivity index (χ2n) is 5.46. The Morgan fingerprint density at radius 3 is 1.81 bits per heavy atom. The molecule has 0 spiro atoms. The summed E-state index contributed by atoms with van der Waals surface area (Å²) in [5.41, 5.74) is 5.95. The molecule has 0 saturated heterocycles. The quantitative estimate of drug-likeness (QED) is 0.763. The van der Waals surface area contributed by atoms with Crippen LogP contribution in [0.25, 0.3) is 22.4 Å². The normalized spacial score (nSPS) is 10.8. The highest BCUT2D eigenvalue weighted by Crippen LogP contribution is 2.29. The predicted octanol–water partition coefficient (Wildman–Crippen LogP) is 3.66. The zero-order chi connectivity index (χ0) is 15.0. The minimum absolute atomic E-state index is 0.0584. The monoisotopic (exact) mass is 278 g/mol. The molecule has 3 heteroatoms. The van der Waals surface area contributed by atoms with Gasteiger partial charge in [-0.25, -0.2) is 0 Å². The number of nitrogens with zero attached hydrogens (tertiary/aromatic N) is 1. The lowest BCUT2D eigenvalue weighted by Gasteiger charge is -2.07. The Balaban J connectivity index is 2.24. The second-order valence-corrected chi connectivity index (χ2v) is 5.46. The van der Waals surface area contributed by atoms with Crippen LogP contribution in [0.15, 0.2) is 53.3 Å². The van der Waals surface area contributed by atoms with Crippen molar-refractivity contribution in [3.63, 3.8) is 0 Å². The third-order valence-electron chi connectivity index (χ3n) is 3.73. The van der Waals surface area contributed by atoms with Crippen molar-refractivity contribution in [1.82, 2.24) is 9.78 Å². The van der Waals surface area contributed by atoms with Crippen LogP contribution < -0.4 is 5.56 Å². The van der Waals surface area contributed by atoms with Crippen LogP contribution in [0.2, 0.25) is 0 Å². The zero-order valence-electron chi connectivity index (χ0n) is 12.5. The molecule has 0 fully saturated rings. The van der Waals surface area contributed by atoms with E-state index in [9.17, 15) is 4.79 Å². The number of aromatic nitrogens is 2. The van der Waals surface area contributed by atoms with Gasteiger partial charge in [-0.05, 0) is 19.4 Å². The number of benzene rings is 2. The van der Waals surface area contributed by atoms with Gasteiger partial charge in [0.15, 0.2) is 0 Å². The van der Waals surface area contributed by atoms with E-state index in [2.05, 4.69) is 36.3 Å². The number of H-pyrrole nitrogens is 1. The molecule has 0 aliphatic heterocycles. The van der Waals surface area contributed by atoms with E-state index in [1.807, 2.05) is 38.2 Å². The van der Waals surface area contributed by atoms with Crippen molar-refractivity contribution >= 4 is 0 Å². The van der Waals surface area contributed by atoms with Gasteiger partial charge in [0.2, 0.25) is 0 Å². The smallest absolute Gasteiger partial charge is 0.272 e. The Bertz CT molecular complexity index is 821. The number of nitrogens with one attached hydrogen (secondary N) is 1. The number of aryl methyl sites for hydroxylation is 3. The maximum Gasteiger partial charge on any atom is 0.272 e.